The third-order valence-corrected chi connectivity index (χ3v) is 3.02. The molecular formula is C12H14BrNO2. The van der Waals surface area contributed by atoms with Gasteiger partial charge in [-0.3, -0.25) is 0 Å². The van der Waals surface area contributed by atoms with Crippen LogP contribution in [0.25, 0.3) is 11.0 Å². The molecule has 0 aliphatic carbocycles. The molecule has 2 aromatic rings. The summed E-state index contributed by atoms with van der Waals surface area (Å²) in [5.41, 5.74) is -0.199. The van der Waals surface area contributed by atoms with Crippen molar-refractivity contribution in [2.75, 3.05) is 13.6 Å². The van der Waals surface area contributed by atoms with E-state index in [2.05, 4.69) is 21.2 Å². The van der Waals surface area contributed by atoms with Gasteiger partial charge in [0.2, 0.25) is 0 Å². The lowest BCUT2D eigenvalue weighted by atomic mass is 10.0. The number of nitrogens with one attached hydrogen (secondary N) is 1. The molecule has 0 aliphatic rings. The molecule has 2 rings (SSSR count). The van der Waals surface area contributed by atoms with Crippen LogP contribution in [0.4, 0.5) is 0 Å². The summed E-state index contributed by atoms with van der Waals surface area (Å²) in [5.74, 6) is 0.579. The van der Waals surface area contributed by atoms with Gasteiger partial charge in [0.25, 0.3) is 0 Å². The molecular weight excluding hydrogens is 270 g/mol. The highest BCUT2D eigenvalue weighted by Crippen LogP contribution is 2.29. The van der Waals surface area contributed by atoms with E-state index < -0.39 is 5.60 Å². The molecule has 0 fully saturated rings. The Morgan fingerprint density at radius 3 is 2.88 bits per heavy atom. The van der Waals surface area contributed by atoms with Gasteiger partial charge in [0, 0.05) is 16.4 Å². The second kappa shape index (κ2) is 4.20. The Hall–Kier alpha value is -0.840. The van der Waals surface area contributed by atoms with Crippen LogP contribution in [-0.2, 0) is 5.60 Å². The average Bonchev–Trinajstić information content (AvgIpc) is 2.61. The number of hydrogen-bond acceptors (Lipinski definition) is 3. The SMILES string of the molecule is CNCC(C)(O)c1cc2cc(Br)ccc2o1. The highest BCUT2D eigenvalue weighted by molar-refractivity contribution is 9.10. The highest BCUT2D eigenvalue weighted by Gasteiger charge is 2.26. The van der Waals surface area contributed by atoms with E-state index in [1.807, 2.05) is 24.3 Å². The van der Waals surface area contributed by atoms with E-state index in [4.69, 9.17) is 4.42 Å². The summed E-state index contributed by atoms with van der Waals surface area (Å²) in [6.45, 7) is 2.18. The molecule has 86 valence electrons. The molecule has 1 heterocycles. The smallest absolute Gasteiger partial charge is 0.137 e. The first-order chi connectivity index (χ1) is 7.53. The zero-order valence-electron chi connectivity index (χ0n) is 9.25. The zero-order valence-corrected chi connectivity index (χ0v) is 10.8. The number of furan rings is 1. The van der Waals surface area contributed by atoms with Crippen LogP contribution in [0.3, 0.4) is 0 Å². The van der Waals surface area contributed by atoms with E-state index in [1.54, 1.807) is 14.0 Å². The second-order valence-electron chi connectivity index (χ2n) is 4.10. The maximum atomic E-state index is 10.2. The molecule has 16 heavy (non-hydrogen) atoms. The summed E-state index contributed by atoms with van der Waals surface area (Å²) < 4.78 is 6.63. The van der Waals surface area contributed by atoms with Crippen LogP contribution in [0.5, 0.6) is 0 Å². The van der Waals surface area contributed by atoms with Gasteiger partial charge >= 0.3 is 0 Å². The van der Waals surface area contributed by atoms with Gasteiger partial charge in [0.15, 0.2) is 0 Å². The Kier molecular flexibility index (Phi) is 3.06. The van der Waals surface area contributed by atoms with Crippen LogP contribution in [0.15, 0.2) is 33.2 Å². The molecule has 1 unspecified atom stereocenters. The molecule has 4 heteroatoms. The average molecular weight is 284 g/mol. The van der Waals surface area contributed by atoms with Crippen molar-refractivity contribution < 1.29 is 9.52 Å². The van der Waals surface area contributed by atoms with Crippen LogP contribution < -0.4 is 5.32 Å². The summed E-state index contributed by atoms with van der Waals surface area (Å²) in [6, 6.07) is 7.65. The summed E-state index contributed by atoms with van der Waals surface area (Å²) >= 11 is 3.41. The van der Waals surface area contributed by atoms with Gasteiger partial charge in [0.1, 0.15) is 16.9 Å². The first kappa shape index (κ1) is 11.6. The van der Waals surface area contributed by atoms with E-state index in [9.17, 15) is 5.11 Å². The molecule has 3 nitrogen and oxygen atoms in total. The van der Waals surface area contributed by atoms with Gasteiger partial charge in [-0.15, -0.1) is 0 Å². The number of rotatable bonds is 3. The monoisotopic (exact) mass is 283 g/mol. The van der Waals surface area contributed by atoms with Gasteiger partial charge < -0.3 is 14.8 Å². The molecule has 1 atom stereocenters. The van der Waals surface area contributed by atoms with Crippen LogP contribution >= 0.6 is 15.9 Å². The quantitative estimate of drug-likeness (QED) is 0.910. The molecule has 0 saturated carbocycles. The molecule has 0 saturated heterocycles. The normalized spacial score (nSPS) is 15.2. The Balaban J connectivity index is 2.46. The van der Waals surface area contributed by atoms with E-state index in [0.717, 1.165) is 15.4 Å². The fraction of sp³-hybridized carbons (Fsp3) is 0.333. The predicted octanol–water partition coefficient (Wildman–Crippen LogP) is 2.62. The number of likely N-dealkylation sites (N-methyl/N-ethyl adjacent to an activating group) is 1. The summed E-state index contributed by atoms with van der Waals surface area (Å²) in [5, 5.41) is 14.1. The van der Waals surface area contributed by atoms with Crippen molar-refractivity contribution in [3.05, 3.63) is 34.5 Å². The minimum absolute atomic E-state index is 0.452. The zero-order chi connectivity index (χ0) is 11.8. The second-order valence-corrected chi connectivity index (χ2v) is 5.01. The van der Waals surface area contributed by atoms with Crippen LogP contribution in [0.1, 0.15) is 12.7 Å². The van der Waals surface area contributed by atoms with Crippen molar-refractivity contribution in [3.8, 4) is 0 Å². The van der Waals surface area contributed by atoms with E-state index >= 15 is 0 Å². The predicted molar refractivity (Wildman–Crippen MR) is 67.4 cm³/mol. The Morgan fingerprint density at radius 1 is 1.44 bits per heavy atom. The maximum Gasteiger partial charge on any atom is 0.137 e. The van der Waals surface area contributed by atoms with Crippen molar-refractivity contribution in [3.63, 3.8) is 0 Å². The topological polar surface area (TPSA) is 45.4 Å². The molecule has 0 spiro atoms. The molecule has 1 aromatic heterocycles. The molecule has 2 N–H and O–H groups in total. The van der Waals surface area contributed by atoms with Gasteiger partial charge in [-0.1, -0.05) is 15.9 Å². The minimum atomic E-state index is -0.986. The van der Waals surface area contributed by atoms with Gasteiger partial charge in [-0.05, 0) is 38.2 Å². The number of fused-ring (bicyclic) bond motifs is 1. The van der Waals surface area contributed by atoms with Crippen molar-refractivity contribution in [1.29, 1.82) is 0 Å². The largest absolute Gasteiger partial charge is 0.458 e. The van der Waals surface area contributed by atoms with Crippen molar-refractivity contribution in [2.45, 2.75) is 12.5 Å². The maximum absolute atomic E-state index is 10.2. The van der Waals surface area contributed by atoms with Gasteiger partial charge in [-0.25, -0.2) is 0 Å². The molecule has 1 aromatic carbocycles. The summed E-state index contributed by atoms with van der Waals surface area (Å²) in [4.78, 5) is 0. The first-order valence-corrected chi connectivity index (χ1v) is 5.89. The van der Waals surface area contributed by atoms with E-state index in [-0.39, 0.29) is 0 Å². The van der Waals surface area contributed by atoms with Crippen molar-refractivity contribution >= 4 is 26.9 Å². The standard InChI is InChI=1S/C12H14BrNO2/c1-12(15,7-14-2)11-6-8-5-9(13)3-4-10(8)16-11/h3-6,14-15H,7H2,1-2H3. The fourth-order valence-electron chi connectivity index (χ4n) is 1.71. The fourth-order valence-corrected chi connectivity index (χ4v) is 2.09. The molecule has 0 radical (unpaired) electrons. The Bertz CT molecular complexity index is 505. The third-order valence-electron chi connectivity index (χ3n) is 2.53. The van der Waals surface area contributed by atoms with Crippen LogP contribution in [0, 0.1) is 0 Å². The van der Waals surface area contributed by atoms with Gasteiger partial charge in [0.05, 0.1) is 0 Å². The number of benzene rings is 1. The van der Waals surface area contributed by atoms with Crippen molar-refractivity contribution in [2.24, 2.45) is 0 Å². The van der Waals surface area contributed by atoms with Gasteiger partial charge in [-0.2, -0.15) is 0 Å². The minimum Gasteiger partial charge on any atom is -0.458 e. The lowest BCUT2D eigenvalue weighted by Crippen LogP contribution is -2.32. The molecule has 0 amide bonds. The first-order valence-electron chi connectivity index (χ1n) is 5.09. The van der Waals surface area contributed by atoms with Crippen molar-refractivity contribution in [1.82, 2.24) is 5.32 Å². The van der Waals surface area contributed by atoms with E-state index in [1.165, 1.54) is 0 Å². The summed E-state index contributed by atoms with van der Waals surface area (Å²) in [6.07, 6.45) is 0. The summed E-state index contributed by atoms with van der Waals surface area (Å²) in [7, 11) is 1.80. The lowest BCUT2D eigenvalue weighted by Gasteiger charge is -2.19. The Labute approximate surface area is 103 Å². The Morgan fingerprint density at radius 2 is 2.19 bits per heavy atom. The number of hydrogen-bond donors (Lipinski definition) is 2. The van der Waals surface area contributed by atoms with Crippen LogP contribution in [-0.4, -0.2) is 18.7 Å². The highest BCUT2D eigenvalue weighted by atomic mass is 79.9. The molecule has 0 bridgehead atoms. The lowest BCUT2D eigenvalue weighted by molar-refractivity contribution is 0.0378. The number of aliphatic hydroxyl groups is 1. The number of halogens is 1. The molecule has 0 aliphatic heterocycles. The third kappa shape index (κ3) is 2.14. The van der Waals surface area contributed by atoms with E-state index in [0.29, 0.717) is 12.3 Å². The van der Waals surface area contributed by atoms with Crippen LogP contribution in [0.2, 0.25) is 0 Å².